The van der Waals surface area contributed by atoms with E-state index in [4.69, 9.17) is 16.3 Å². The minimum absolute atomic E-state index is 0.701. The minimum atomic E-state index is 0.701. The SMILES string of the molecule is CCCCCNCCOc1cc(C)c(Cl)c(C)c1. The molecule has 0 atom stereocenters. The summed E-state index contributed by atoms with van der Waals surface area (Å²) in [6, 6.07) is 3.98. The summed E-state index contributed by atoms with van der Waals surface area (Å²) >= 11 is 6.11. The van der Waals surface area contributed by atoms with Gasteiger partial charge in [0.15, 0.2) is 0 Å². The van der Waals surface area contributed by atoms with Gasteiger partial charge < -0.3 is 10.1 Å². The fourth-order valence-electron chi connectivity index (χ4n) is 1.86. The normalized spacial score (nSPS) is 10.7. The van der Waals surface area contributed by atoms with Crippen molar-refractivity contribution in [2.45, 2.75) is 40.0 Å². The smallest absolute Gasteiger partial charge is 0.119 e. The predicted octanol–water partition coefficient (Wildman–Crippen LogP) is 4.12. The highest BCUT2D eigenvalue weighted by Gasteiger charge is 2.03. The van der Waals surface area contributed by atoms with E-state index in [1.54, 1.807) is 0 Å². The van der Waals surface area contributed by atoms with Crippen LogP contribution in [0, 0.1) is 13.8 Å². The molecule has 1 rings (SSSR count). The molecule has 1 N–H and O–H groups in total. The molecule has 0 fully saturated rings. The third-order valence-corrected chi connectivity index (χ3v) is 3.51. The van der Waals surface area contributed by atoms with Crippen molar-refractivity contribution < 1.29 is 4.74 Å². The molecule has 0 bridgehead atoms. The average molecular weight is 270 g/mol. The molecule has 0 aliphatic rings. The van der Waals surface area contributed by atoms with Gasteiger partial charge in [0.2, 0.25) is 0 Å². The number of hydrogen-bond donors (Lipinski definition) is 1. The van der Waals surface area contributed by atoms with E-state index in [-0.39, 0.29) is 0 Å². The van der Waals surface area contributed by atoms with Gasteiger partial charge in [0.25, 0.3) is 0 Å². The second kappa shape index (κ2) is 8.39. The van der Waals surface area contributed by atoms with E-state index < -0.39 is 0 Å². The van der Waals surface area contributed by atoms with Gasteiger partial charge in [-0.3, -0.25) is 0 Å². The Hall–Kier alpha value is -0.730. The van der Waals surface area contributed by atoms with Crippen LogP contribution in [0.1, 0.15) is 37.3 Å². The van der Waals surface area contributed by atoms with E-state index in [0.717, 1.165) is 35.0 Å². The third kappa shape index (κ3) is 5.28. The average Bonchev–Trinajstić information content (AvgIpc) is 2.34. The van der Waals surface area contributed by atoms with Crippen molar-refractivity contribution in [2.75, 3.05) is 19.7 Å². The van der Waals surface area contributed by atoms with Gasteiger partial charge in [-0.05, 0) is 50.1 Å². The molecular weight excluding hydrogens is 246 g/mol. The summed E-state index contributed by atoms with van der Waals surface area (Å²) in [4.78, 5) is 0. The molecule has 0 saturated carbocycles. The van der Waals surface area contributed by atoms with E-state index in [0.29, 0.717) is 6.61 Å². The van der Waals surface area contributed by atoms with Crippen LogP contribution < -0.4 is 10.1 Å². The Morgan fingerprint density at radius 1 is 1.11 bits per heavy atom. The maximum Gasteiger partial charge on any atom is 0.119 e. The molecule has 1 aromatic rings. The molecule has 0 heterocycles. The lowest BCUT2D eigenvalue weighted by Gasteiger charge is -2.10. The number of unbranched alkanes of at least 4 members (excludes halogenated alkanes) is 2. The van der Waals surface area contributed by atoms with Crippen LogP contribution in [0.2, 0.25) is 5.02 Å². The van der Waals surface area contributed by atoms with E-state index >= 15 is 0 Å². The fraction of sp³-hybridized carbons (Fsp3) is 0.600. The van der Waals surface area contributed by atoms with Crippen molar-refractivity contribution in [3.05, 3.63) is 28.3 Å². The molecule has 0 amide bonds. The van der Waals surface area contributed by atoms with Crippen molar-refractivity contribution in [3.63, 3.8) is 0 Å². The first-order chi connectivity index (χ1) is 8.65. The van der Waals surface area contributed by atoms with E-state index in [9.17, 15) is 0 Å². The number of benzene rings is 1. The molecule has 102 valence electrons. The zero-order valence-corrected chi connectivity index (χ0v) is 12.4. The lowest BCUT2D eigenvalue weighted by Crippen LogP contribution is -2.22. The molecule has 0 radical (unpaired) electrons. The highest BCUT2D eigenvalue weighted by Crippen LogP contribution is 2.25. The predicted molar refractivity (Wildman–Crippen MR) is 78.8 cm³/mol. The molecule has 3 heteroatoms. The molecule has 0 unspecified atom stereocenters. The quantitative estimate of drug-likeness (QED) is 0.717. The highest BCUT2D eigenvalue weighted by molar-refractivity contribution is 6.32. The minimum Gasteiger partial charge on any atom is -0.492 e. The topological polar surface area (TPSA) is 21.3 Å². The zero-order valence-electron chi connectivity index (χ0n) is 11.7. The molecule has 0 spiro atoms. The van der Waals surface area contributed by atoms with Crippen LogP contribution in [-0.2, 0) is 0 Å². The maximum atomic E-state index is 6.11. The first kappa shape index (κ1) is 15.3. The van der Waals surface area contributed by atoms with Crippen molar-refractivity contribution in [1.82, 2.24) is 5.32 Å². The highest BCUT2D eigenvalue weighted by atomic mass is 35.5. The van der Waals surface area contributed by atoms with Gasteiger partial charge >= 0.3 is 0 Å². The number of ether oxygens (including phenoxy) is 1. The summed E-state index contributed by atoms with van der Waals surface area (Å²) in [5, 5.41) is 4.21. The van der Waals surface area contributed by atoms with Crippen LogP contribution in [0.15, 0.2) is 12.1 Å². The number of nitrogens with one attached hydrogen (secondary N) is 1. The monoisotopic (exact) mass is 269 g/mol. The lowest BCUT2D eigenvalue weighted by atomic mass is 10.1. The van der Waals surface area contributed by atoms with Gasteiger partial charge in [-0.2, -0.15) is 0 Å². The molecule has 1 aromatic carbocycles. The number of halogens is 1. The Morgan fingerprint density at radius 3 is 2.39 bits per heavy atom. The molecule has 0 aliphatic heterocycles. The molecular formula is C15H24ClNO. The number of rotatable bonds is 8. The van der Waals surface area contributed by atoms with Crippen LogP contribution in [0.4, 0.5) is 0 Å². The van der Waals surface area contributed by atoms with Gasteiger partial charge in [0.1, 0.15) is 12.4 Å². The second-order valence-electron chi connectivity index (χ2n) is 4.68. The van der Waals surface area contributed by atoms with Crippen LogP contribution >= 0.6 is 11.6 Å². The van der Waals surface area contributed by atoms with Crippen LogP contribution in [-0.4, -0.2) is 19.7 Å². The summed E-state index contributed by atoms with van der Waals surface area (Å²) in [5.41, 5.74) is 2.14. The Kier molecular flexibility index (Phi) is 7.14. The first-order valence-corrected chi connectivity index (χ1v) is 7.13. The molecule has 0 aliphatic carbocycles. The van der Waals surface area contributed by atoms with Gasteiger partial charge in [-0.15, -0.1) is 0 Å². The Morgan fingerprint density at radius 2 is 1.78 bits per heavy atom. The van der Waals surface area contributed by atoms with E-state index in [1.807, 2.05) is 26.0 Å². The Balaban J connectivity index is 2.23. The summed E-state index contributed by atoms with van der Waals surface area (Å²) in [6.07, 6.45) is 3.81. The van der Waals surface area contributed by atoms with Crippen molar-refractivity contribution in [2.24, 2.45) is 0 Å². The lowest BCUT2D eigenvalue weighted by molar-refractivity contribution is 0.313. The summed E-state index contributed by atoms with van der Waals surface area (Å²) in [7, 11) is 0. The zero-order chi connectivity index (χ0) is 13.4. The van der Waals surface area contributed by atoms with Crippen molar-refractivity contribution >= 4 is 11.6 Å². The number of aryl methyl sites for hydroxylation is 2. The largest absolute Gasteiger partial charge is 0.492 e. The fourth-order valence-corrected chi connectivity index (χ4v) is 1.96. The van der Waals surface area contributed by atoms with Gasteiger partial charge in [0, 0.05) is 11.6 Å². The summed E-state index contributed by atoms with van der Waals surface area (Å²) < 4.78 is 5.71. The molecule has 2 nitrogen and oxygen atoms in total. The molecule has 0 aromatic heterocycles. The second-order valence-corrected chi connectivity index (χ2v) is 5.05. The standard InChI is InChI=1S/C15H24ClNO/c1-4-5-6-7-17-8-9-18-14-10-12(2)15(16)13(3)11-14/h10-11,17H,4-9H2,1-3H3. The Labute approximate surface area is 116 Å². The van der Waals surface area contributed by atoms with Crippen molar-refractivity contribution in [1.29, 1.82) is 0 Å². The molecule has 18 heavy (non-hydrogen) atoms. The van der Waals surface area contributed by atoms with Gasteiger partial charge in [0.05, 0.1) is 0 Å². The first-order valence-electron chi connectivity index (χ1n) is 6.75. The van der Waals surface area contributed by atoms with Crippen LogP contribution in [0.3, 0.4) is 0 Å². The van der Waals surface area contributed by atoms with E-state index in [1.165, 1.54) is 19.3 Å². The third-order valence-electron chi connectivity index (χ3n) is 2.91. The van der Waals surface area contributed by atoms with Crippen molar-refractivity contribution in [3.8, 4) is 5.75 Å². The summed E-state index contributed by atoms with van der Waals surface area (Å²) in [6.45, 7) is 8.90. The number of hydrogen-bond acceptors (Lipinski definition) is 2. The summed E-state index contributed by atoms with van der Waals surface area (Å²) in [5.74, 6) is 0.907. The van der Waals surface area contributed by atoms with E-state index in [2.05, 4.69) is 12.2 Å². The van der Waals surface area contributed by atoms with Gasteiger partial charge in [-0.1, -0.05) is 31.4 Å². The van der Waals surface area contributed by atoms with Crippen LogP contribution in [0.5, 0.6) is 5.75 Å². The van der Waals surface area contributed by atoms with Crippen LogP contribution in [0.25, 0.3) is 0 Å². The molecule has 0 saturated heterocycles. The Bertz CT molecular complexity index is 343. The maximum absolute atomic E-state index is 6.11. The van der Waals surface area contributed by atoms with Gasteiger partial charge in [-0.25, -0.2) is 0 Å².